The number of urea groups is 1. The van der Waals surface area contributed by atoms with Gasteiger partial charge in [0.2, 0.25) is 5.91 Å². The van der Waals surface area contributed by atoms with E-state index in [1.54, 1.807) is 0 Å². The van der Waals surface area contributed by atoms with Crippen LogP contribution < -0.4 is 16.0 Å². The van der Waals surface area contributed by atoms with Gasteiger partial charge in [-0.2, -0.15) is 0 Å². The van der Waals surface area contributed by atoms with Crippen LogP contribution in [-0.4, -0.2) is 69.3 Å². The lowest BCUT2D eigenvalue weighted by atomic mass is 10.3. The summed E-state index contributed by atoms with van der Waals surface area (Å²) in [4.78, 5) is 24.9. The zero-order chi connectivity index (χ0) is 14.8. The van der Waals surface area contributed by atoms with Gasteiger partial charge in [0.05, 0.1) is 19.3 Å². The van der Waals surface area contributed by atoms with Crippen molar-refractivity contribution in [2.75, 3.05) is 46.4 Å². The van der Waals surface area contributed by atoms with Crippen LogP contribution in [0.4, 0.5) is 4.79 Å². The van der Waals surface area contributed by atoms with E-state index >= 15 is 0 Å². The molecule has 7 heteroatoms. The van der Waals surface area contributed by atoms with Crippen molar-refractivity contribution < 1.29 is 14.3 Å². The van der Waals surface area contributed by atoms with E-state index in [0.717, 1.165) is 25.9 Å². The number of ether oxygens (including phenoxy) is 1. The predicted molar refractivity (Wildman–Crippen MR) is 76.6 cm³/mol. The molecular formula is C13H26N4O3. The van der Waals surface area contributed by atoms with Crippen LogP contribution in [0, 0.1) is 0 Å². The molecule has 0 radical (unpaired) electrons. The molecule has 0 saturated carbocycles. The van der Waals surface area contributed by atoms with E-state index in [1.807, 2.05) is 18.9 Å². The zero-order valence-corrected chi connectivity index (χ0v) is 12.4. The smallest absolute Gasteiger partial charge is 0.321 e. The van der Waals surface area contributed by atoms with E-state index in [2.05, 4.69) is 16.0 Å². The van der Waals surface area contributed by atoms with E-state index in [4.69, 9.17) is 4.74 Å². The summed E-state index contributed by atoms with van der Waals surface area (Å²) >= 11 is 0. The second kappa shape index (κ2) is 9.68. The third-order valence-electron chi connectivity index (χ3n) is 3.00. The van der Waals surface area contributed by atoms with Gasteiger partial charge >= 0.3 is 6.03 Å². The molecular weight excluding hydrogens is 260 g/mol. The molecule has 0 spiro atoms. The Balaban J connectivity index is 2.15. The predicted octanol–water partition coefficient (Wildman–Crippen LogP) is -0.467. The number of nitrogens with one attached hydrogen (secondary N) is 3. The number of hydrogen-bond acceptors (Lipinski definition) is 5. The third-order valence-corrected chi connectivity index (χ3v) is 3.00. The number of morpholine rings is 1. The second-order valence-electron chi connectivity index (χ2n) is 5.05. The molecule has 0 aliphatic carbocycles. The van der Waals surface area contributed by atoms with Crippen molar-refractivity contribution >= 4 is 11.9 Å². The van der Waals surface area contributed by atoms with Crippen LogP contribution >= 0.6 is 0 Å². The molecule has 1 aliphatic heterocycles. The van der Waals surface area contributed by atoms with Crippen LogP contribution in [0.3, 0.4) is 0 Å². The number of amides is 3. The Bertz CT molecular complexity index is 306. The van der Waals surface area contributed by atoms with Crippen molar-refractivity contribution in [2.24, 2.45) is 0 Å². The van der Waals surface area contributed by atoms with Gasteiger partial charge in [0.15, 0.2) is 0 Å². The highest BCUT2D eigenvalue weighted by Gasteiger charge is 2.17. The van der Waals surface area contributed by atoms with Gasteiger partial charge in [-0.1, -0.05) is 13.3 Å². The van der Waals surface area contributed by atoms with E-state index in [0.29, 0.717) is 19.7 Å². The summed E-state index contributed by atoms with van der Waals surface area (Å²) in [5, 5.41) is 8.20. The standard InChI is InChI=1S/C13H26N4O3/c1-3-4-5-15-13(19)16-12(18)10-17(2)9-11-8-14-6-7-20-11/h11,14H,3-10H2,1-2H3,(H2,15,16,18,19). The minimum Gasteiger partial charge on any atom is -0.374 e. The normalized spacial score (nSPS) is 18.9. The molecule has 1 fully saturated rings. The molecule has 1 saturated heterocycles. The second-order valence-corrected chi connectivity index (χ2v) is 5.05. The Morgan fingerprint density at radius 1 is 1.45 bits per heavy atom. The first-order valence-corrected chi connectivity index (χ1v) is 7.20. The van der Waals surface area contributed by atoms with Crippen LogP contribution in [0.25, 0.3) is 0 Å². The summed E-state index contributed by atoms with van der Waals surface area (Å²) in [7, 11) is 1.84. The SMILES string of the molecule is CCCCNC(=O)NC(=O)CN(C)CC1CNCCO1. The van der Waals surface area contributed by atoms with Crippen molar-refractivity contribution in [1.29, 1.82) is 0 Å². The van der Waals surface area contributed by atoms with E-state index in [1.165, 1.54) is 0 Å². The molecule has 3 amide bonds. The Labute approximate surface area is 120 Å². The largest absolute Gasteiger partial charge is 0.374 e. The number of unbranched alkanes of at least 4 members (excludes halogenated alkanes) is 1. The number of rotatable bonds is 7. The van der Waals surface area contributed by atoms with Crippen LogP contribution in [0.1, 0.15) is 19.8 Å². The van der Waals surface area contributed by atoms with Gasteiger partial charge in [-0.25, -0.2) is 4.79 Å². The maximum absolute atomic E-state index is 11.7. The molecule has 1 atom stereocenters. The van der Waals surface area contributed by atoms with Crippen LogP contribution in [0.2, 0.25) is 0 Å². The first-order chi connectivity index (χ1) is 9.61. The number of nitrogens with zero attached hydrogens (tertiary/aromatic N) is 1. The molecule has 0 bridgehead atoms. The maximum Gasteiger partial charge on any atom is 0.321 e. The van der Waals surface area contributed by atoms with E-state index in [-0.39, 0.29) is 18.6 Å². The molecule has 1 unspecified atom stereocenters. The zero-order valence-electron chi connectivity index (χ0n) is 12.4. The summed E-state index contributed by atoms with van der Waals surface area (Å²) in [5.41, 5.74) is 0. The van der Waals surface area contributed by atoms with Crippen molar-refractivity contribution in [3.63, 3.8) is 0 Å². The monoisotopic (exact) mass is 286 g/mol. The highest BCUT2D eigenvalue weighted by molar-refractivity contribution is 5.95. The number of hydrogen-bond donors (Lipinski definition) is 3. The third kappa shape index (κ3) is 7.42. The molecule has 0 aromatic carbocycles. The lowest BCUT2D eigenvalue weighted by Crippen LogP contribution is -2.48. The fourth-order valence-electron chi connectivity index (χ4n) is 1.98. The van der Waals surface area contributed by atoms with Gasteiger partial charge in [-0.05, 0) is 13.5 Å². The summed E-state index contributed by atoms with van der Waals surface area (Å²) < 4.78 is 5.56. The highest BCUT2D eigenvalue weighted by atomic mass is 16.5. The van der Waals surface area contributed by atoms with Gasteiger partial charge in [-0.15, -0.1) is 0 Å². The molecule has 20 heavy (non-hydrogen) atoms. The Morgan fingerprint density at radius 3 is 2.90 bits per heavy atom. The molecule has 1 heterocycles. The Morgan fingerprint density at radius 2 is 2.25 bits per heavy atom. The molecule has 3 N–H and O–H groups in total. The van der Waals surface area contributed by atoms with Crippen LogP contribution in [0.15, 0.2) is 0 Å². The minimum absolute atomic E-state index is 0.0972. The van der Waals surface area contributed by atoms with Crippen LogP contribution in [-0.2, 0) is 9.53 Å². The van der Waals surface area contributed by atoms with Gasteiger partial charge < -0.3 is 15.4 Å². The number of likely N-dealkylation sites (N-methyl/N-ethyl adjacent to an activating group) is 1. The summed E-state index contributed by atoms with van der Waals surface area (Å²) in [6.07, 6.45) is 2.01. The average Bonchev–Trinajstić information content (AvgIpc) is 2.39. The van der Waals surface area contributed by atoms with Gasteiger partial charge in [0, 0.05) is 26.2 Å². The summed E-state index contributed by atoms with van der Waals surface area (Å²) in [6, 6.07) is -0.424. The topological polar surface area (TPSA) is 82.7 Å². The number of carbonyl (C=O) groups is 2. The average molecular weight is 286 g/mol. The molecule has 116 valence electrons. The van der Waals surface area contributed by atoms with Crippen molar-refractivity contribution in [3.05, 3.63) is 0 Å². The lowest BCUT2D eigenvalue weighted by Gasteiger charge is -2.27. The maximum atomic E-state index is 11.7. The molecule has 0 aromatic rings. The van der Waals surface area contributed by atoms with E-state index in [9.17, 15) is 9.59 Å². The van der Waals surface area contributed by atoms with Crippen molar-refractivity contribution in [2.45, 2.75) is 25.9 Å². The van der Waals surface area contributed by atoms with Gasteiger partial charge in [0.1, 0.15) is 0 Å². The molecule has 1 rings (SSSR count). The first kappa shape index (κ1) is 16.9. The minimum atomic E-state index is -0.424. The summed E-state index contributed by atoms with van der Waals surface area (Å²) in [5.74, 6) is -0.301. The van der Waals surface area contributed by atoms with Crippen LogP contribution in [0.5, 0.6) is 0 Å². The van der Waals surface area contributed by atoms with Gasteiger partial charge in [0.25, 0.3) is 0 Å². The lowest BCUT2D eigenvalue weighted by molar-refractivity contribution is -0.121. The first-order valence-electron chi connectivity index (χ1n) is 7.20. The van der Waals surface area contributed by atoms with Crippen molar-refractivity contribution in [3.8, 4) is 0 Å². The summed E-state index contributed by atoms with van der Waals surface area (Å²) in [6.45, 7) is 5.85. The number of carbonyl (C=O) groups excluding carboxylic acids is 2. The molecule has 7 nitrogen and oxygen atoms in total. The quantitative estimate of drug-likeness (QED) is 0.551. The molecule has 1 aliphatic rings. The fourth-order valence-corrected chi connectivity index (χ4v) is 1.98. The molecule has 0 aromatic heterocycles. The van der Waals surface area contributed by atoms with Gasteiger partial charge in [-0.3, -0.25) is 15.0 Å². The fraction of sp³-hybridized carbons (Fsp3) is 0.846. The number of imide groups is 1. The Hall–Kier alpha value is -1.18. The van der Waals surface area contributed by atoms with E-state index < -0.39 is 6.03 Å². The van der Waals surface area contributed by atoms with Crippen molar-refractivity contribution in [1.82, 2.24) is 20.9 Å². The highest BCUT2D eigenvalue weighted by Crippen LogP contribution is 1.98. The Kier molecular flexibility index (Phi) is 8.17.